The molecule has 2 saturated heterocycles. The van der Waals surface area contributed by atoms with E-state index in [2.05, 4.69) is 53.7 Å². The lowest BCUT2D eigenvalue weighted by Gasteiger charge is -2.09. The van der Waals surface area contributed by atoms with E-state index >= 15 is 0 Å². The van der Waals surface area contributed by atoms with Crippen molar-refractivity contribution in [2.24, 2.45) is 0 Å². The molecule has 0 aromatic heterocycles. The number of allylic oxidation sites excluding steroid dienone is 3. The number of hydrogen-bond acceptors (Lipinski definition) is 2. The second-order valence-electron chi connectivity index (χ2n) is 5.09. The van der Waals surface area contributed by atoms with Crippen LogP contribution in [0.3, 0.4) is 0 Å². The van der Waals surface area contributed by atoms with Crippen molar-refractivity contribution >= 4 is 15.9 Å². The lowest BCUT2D eigenvalue weighted by Crippen LogP contribution is -2.13. The molecule has 0 amide bonds. The highest BCUT2D eigenvalue weighted by Crippen LogP contribution is 2.34. The van der Waals surface area contributed by atoms with E-state index in [0.29, 0.717) is 0 Å². The van der Waals surface area contributed by atoms with Crippen molar-refractivity contribution in [3.05, 3.63) is 40.6 Å². The Hall–Kier alpha value is -0.600. The van der Waals surface area contributed by atoms with Crippen LogP contribution >= 0.6 is 15.9 Å². The summed E-state index contributed by atoms with van der Waals surface area (Å²) in [6.07, 6.45) is 12.2. The van der Waals surface area contributed by atoms with Crippen molar-refractivity contribution in [1.82, 2.24) is 0 Å². The minimum atomic E-state index is 0.149. The summed E-state index contributed by atoms with van der Waals surface area (Å²) in [5, 5.41) is 0. The van der Waals surface area contributed by atoms with E-state index in [1.54, 1.807) is 4.99 Å². The molecule has 0 bridgehead atoms. The van der Waals surface area contributed by atoms with Crippen molar-refractivity contribution in [2.45, 2.75) is 57.5 Å². The smallest absolute Gasteiger partial charge is 0.0874 e. The van der Waals surface area contributed by atoms with Crippen molar-refractivity contribution in [3.8, 4) is 0 Å². The van der Waals surface area contributed by atoms with Gasteiger partial charge in [-0.1, -0.05) is 46.7 Å². The minimum Gasteiger partial charge on any atom is -0.368 e. The predicted octanol–water partition coefficient (Wildman–Crippen LogP) is 4.28. The number of fused-ring (bicyclic) bond motifs is 1. The van der Waals surface area contributed by atoms with Gasteiger partial charge in [-0.25, -0.2) is 0 Å². The molecule has 2 rings (SSSR count). The van der Waals surface area contributed by atoms with Gasteiger partial charge < -0.3 is 9.47 Å². The van der Waals surface area contributed by atoms with Gasteiger partial charge in [0.1, 0.15) is 0 Å². The number of ether oxygens (including phenoxy) is 2. The quantitative estimate of drug-likeness (QED) is 0.567. The standard InChI is InChI=1S/C16H21BrO2/c1-3-12(2)6-4-7-13-10-15-16(18-13)11-14(19-15)8-5-9-17/h4,6-9,13-16H,3,10-11H2,1-2H3/b7-4+,12-6-/t5?,13-,14-,15+,16+/m1/s1. The third-order valence-electron chi connectivity index (χ3n) is 3.65. The summed E-state index contributed by atoms with van der Waals surface area (Å²) in [6, 6.07) is 0. The van der Waals surface area contributed by atoms with Crippen LogP contribution in [0.4, 0.5) is 0 Å². The fraction of sp³-hybridized carbons (Fsp3) is 0.562. The monoisotopic (exact) mass is 324 g/mol. The predicted molar refractivity (Wildman–Crippen MR) is 81.3 cm³/mol. The summed E-state index contributed by atoms with van der Waals surface area (Å²) in [5.74, 6) is 0. The van der Waals surface area contributed by atoms with Gasteiger partial charge in [0, 0.05) is 17.8 Å². The molecule has 0 spiro atoms. The molecule has 2 heterocycles. The molecule has 2 fully saturated rings. The molecule has 0 radical (unpaired) electrons. The molecule has 0 aromatic carbocycles. The molecular formula is C16H21BrO2. The van der Waals surface area contributed by atoms with Crippen LogP contribution in [0.2, 0.25) is 0 Å². The maximum atomic E-state index is 6.00. The van der Waals surface area contributed by atoms with Crippen LogP contribution in [0.5, 0.6) is 0 Å². The van der Waals surface area contributed by atoms with Gasteiger partial charge in [-0.3, -0.25) is 0 Å². The molecule has 0 unspecified atom stereocenters. The lowest BCUT2D eigenvalue weighted by molar-refractivity contribution is 0.0498. The maximum absolute atomic E-state index is 6.00. The Balaban J connectivity index is 1.83. The third kappa shape index (κ3) is 4.19. The molecule has 3 heteroatoms. The van der Waals surface area contributed by atoms with E-state index in [4.69, 9.17) is 9.47 Å². The molecule has 4 atom stereocenters. The van der Waals surface area contributed by atoms with Crippen LogP contribution in [0.25, 0.3) is 0 Å². The van der Waals surface area contributed by atoms with Gasteiger partial charge in [0.05, 0.1) is 24.4 Å². The first-order valence-corrected chi connectivity index (χ1v) is 7.80. The highest BCUT2D eigenvalue weighted by molar-refractivity contribution is 9.11. The maximum Gasteiger partial charge on any atom is 0.0874 e. The van der Waals surface area contributed by atoms with Gasteiger partial charge in [0.2, 0.25) is 0 Å². The average molecular weight is 325 g/mol. The molecule has 2 aliphatic heterocycles. The lowest BCUT2D eigenvalue weighted by atomic mass is 10.1. The molecular weight excluding hydrogens is 304 g/mol. The SMILES string of the molecule is CC/C(C)=C\C=C\[C@@H]1C[C@@H]2O[C@H](C=C=CBr)C[C@@H]2O1. The average Bonchev–Trinajstić information content (AvgIpc) is 2.93. The molecule has 2 aliphatic rings. The van der Waals surface area contributed by atoms with E-state index in [-0.39, 0.29) is 24.4 Å². The Morgan fingerprint density at radius 1 is 1.26 bits per heavy atom. The Kier molecular flexibility index (Phi) is 5.65. The molecule has 19 heavy (non-hydrogen) atoms. The molecule has 2 nitrogen and oxygen atoms in total. The van der Waals surface area contributed by atoms with E-state index in [9.17, 15) is 0 Å². The fourth-order valence-corrected chi connectivity index (χ4v) is 2.60. The summed E-state index contributed by atoms with van der Waals surface area (Å²) in [6.45, 7) is 4.31. The van der Waals surface area contributed by atoms with E-state index < -0.39 is 0 Å². The number of rotatable bonds is 4. The Bertz CT molecular complexity index is 404. The third-order valence-corrected chi connectivity index (χ3v) is 3.92. The number of hydrogen-bond donors (Lipinski definition) is 0. The molecule has 0 aromatic rings. The Morgan fingerprint density at radius 3 is 2.63 bits per heavy atom. The summed E-state index contributed by atoms with van der Waals surface area (Å²) < 4.78 is 11.9. The Labute approximate surface area is 124 Å². The zero-order chi connectivity index (χ0) is 13.7. The van der Waals surface area contributed by atoms with Gasteiger partial charge in [0.15, 0.2) is 0 Å². The van der Waals surface area contributed by atoms with E-state index in [1.807, 2.05) is 6.08 Å². The largest absolute Gasteiger partial charge is 0.368 e. The van der Waals surface area contributed by atoms with Gasteiger partial charge in [-0.2, -0.15) is 0 Å². The molecule has 104 valence electrons. The van der Waals surface area contributed by atoms with Crippen molar-refractivity contribution < 1.29 is 9.47 Å². The molecule has 0 aliphatic carbocycles. The van der Waals surface area contributed by atoms with Gasteiger partial charge >= 0.3 is 0 Å². The van der Waals surface area contributed by atoms with Crippen LogP contribution in [0, 0.1) is 0 Å². The fourth-order valence-electron chi connectivity index (χ4n) is 2.44. The van der Waals surface area contributed by atoms with Crippen LogP contribution < -0.4 is 0 Å². The highest BCUT2D eigenvalue weighted by atomic mass is 79.9. The van der Waals surface area contributed by atoms with Crippen molar-refractivity contribution in [3.63, 3.8) is 0 Å². The zero-order valence-electron chi connectivity index (χ0n) is 11.5. The van der Waals surface area contributed by atoms with Crippen LogP contribution in [-0.2, 0) is 9.47 Å². The van der Waals surface area contributed by atoms with Gasteiger partial charge in [-0.15, -0.1) is 5.73 Å². The summed E-state index contributed by atoms with van der Waals surface area (Å²) >= 11 is 3.20. The summed E-state index contributed by atoms with van der Waals surface area (Å²) in [7, 11) is 0. The minimum absolute atomic E-state index is 0.149. The normalized spacial score (nSPS) is 34.4. The first kappa shape index (κ1) is 14.8. The Morgan fingerprint density at radius 2 is 1.95 bits per heavy atom. The van der Waals surface area contributed by atoms with Crippen LogP contribution in [-0.4, -0.2) is 24.4 Å². The summed E-state index contributed by atoms with van der Waals surface area (Å²) in [4.78, 5) is 1.72. The van der Waals surface area contributed by atoms with Gasteiger partial charge in [0.25, 0.3) is 0 Å². The highest BCUT2D eigenvalue weighted by Gasteiger charge is 2.42. The van der Waals surface area contributed by atoms with E-state index in [0.717, 1.165) is 19.3 Å². The zero-order valence-corrected chi connectivity index (χ0v) is 13.1. The van der Waals surface area contributed by atoms with E-state index in [1.165, 1.54) is 5.57 Å². The van der Waals surface area contributed by atoms with Crippen LogP contribution in [0.15, 0.2) is 40.6 Å². The second-order valence-corrected chi connectivity index (χ2v) is 5.55. The second kappa shape index (κ2) is 7.25. The van der Waals surface area contributed by atoms with Crippen molar-refractivity contribution in [2.75, 3.05) is 0 Å². The number of halogens is 1. The van der Waals surface area contributed by atoms with Crippen LogP contribution in [0.1, 0.15) is 33.1 Å². The molecule has 0 N–H and O–H groups in total. The van der Waals surface area contributed by atoms with Gasteiger partial charge in [-0.05, 0) is 19.4 Å². The topological polar surface area (TPSA) is 18.5 Å². The first-order chi connectivity index (χ1) is 9.22. The van der Waals surface area contributed by atoms with Crippen molar-refractivity contribution in [1.29, 1.82) is 0 Å². The first-order valence-electron chi connectivity index (χ1n) is 6.89. The summed E-state index contributed by atoms with van der Waals surface area (Å²) in [5.41, 5.74) is 4.39. The molecule has 0 saturated carbocycles.